The van der Waals surface area contributed by atoms with Gasteiger partial charge in [0, 0.05) is 23.3 Å². The number of hydrogen-bond donors (Lipinski definition) is 4. The fourth-order valence-corrected chi connectivity index (χ4v) is 7.70. The number of halogens is 1. The van der Waals surface area contributed by atoms with E-state index < -0.39 is 70.4 Å². The second-order valence-electron chi connectivity index (χ2n) is 11.2. The van der Waals surface area contributed by atoms with Gasteiger partial charge in [0.2, 0.25) is 5.78 Å². The predicted molar refractivity (Wildman–Crippen MR) is 124 cm³/mol. The van der Waals surface area contributed by atoms with E-state index in [1.54, 1.807) is 26.8 Å². The molecule has 4 N–H and O–H groups in total. The number of carbonyl (C=O) groups is 4. The zero-order valence-corrected chi connectivity index (χ0v) is 20.8. The number of nitrogens with one attached hydrogen (secondary N) is 1. The number of aliphatic hydroxyl groups is 2. The third kappa shape index (κ3) is 3.55. The summed E-state index contributed by atoms with van der Waals surface area (Å²) in [7, 11) is 0. The van der Waals surface area contributed by atoms with Gasteiger partial charge in [-0.3, -0.25) is 14.4 Å². The fraction of sp³-hybridized carbons (Fsp3) is 0.692. The van der Waals surface area contributed by atoms with Gasteiger partial charge in [-0.1, -0.05) is 25.5 Å². The highest BCUT2D eigenvalue weighted by molar-refractivity contribution is 6.01. The molecular formula is C26H34FNO8. The Hall–Kier alpha value is -2.59. The topological polar surface area (TPSA) is 150 Å². The molecule has 0 saturated heterocycles. The molecule has 36 heavy (non-hydrogen) atoms. The monoisotopic (exact) mass is 507 g/mol. The van der Waals surface area contributed by atoms with Crippen molar-refractivity contribution in [3.05, 3.63) is 23.8 Å². The van der Waals surface area contributed by atoms with E-state index >= 15 is 4.39 Å². The lowest BCUT2D eigenvalue weighted by Crippen LogP contribution is -2.69. The van der Waals surface area contributed by atoms with Crippen LogP contribution in [-0.4, -0.2) is 69.5 Å². The quantitative estimate of drug-likeness (QED) is 0.427. The van der Waals surface area contributed by atoms with Crippen LogP contribution >= 0.6 is 0 Å². The van der Waals surface area contributed by atoms with Crippen LogP contribution < -0.4 is 5.32 Å². The SMILES string of the molecule is CC1CC2C3CCC4=CC(=O)C=CC4(C)C3(F)C(O)CC2(C)C1(O)C(=O)COC(=O)NCCC(=O)O. The molecule has 10 heteroatoms. The summed E-state index contributed by atoms with van der Waals surface area (Å²) < 4.78 is 22.1. The molecule has 3 saturated carbocycles. The van der Waals surface area contributed by atoms with Crippen molar-refractivity contribution in [1.82, 2.24) is 5.32 Å². The molecular weight excluding hydrogens is 473 g/mol. The lowest BCUT2D eigenvalue weighted by atomic mass is 9.44. The molecule has 4 aliphatic rings. The summed E-state index contributed by atoms with van der Waals surface area (Å²) in [5.41, 5.74) is -5.73. The van der Waals surface area contributed by atoms with Crippen LogP contribution in [0.4, 0.5) is 9.18 Å². The minimum absolute atomic E-state index is 0.174. The van der Waals surface area contributed by atoms with Gasteiger partial charge in [0.1, 0.15) is 5.60 Å². The normalized spacial score (nSPS) is 43.1. The minimum atomic E-state index is -2.08. The molecule has 0 aromatic heterocycles. The number of aliphatic carboxylic acids is 1. The molecule has 0 radical (unpaired) electrons. The Bertz CT molecular complexity index is 1060. The molecule has 9 nitrogen and oxygen atoms in total. The van der Waals surface area contributed by atoms with Crippen LogP contribution in [0.1, 0.15) is 52.9 Å². The number of aliphatic hydroxyl groups excluding tert-OH is 1. The second kappa shape index (κ2) is 8.76. The number of fused-ring (bicyclic) bond motifs is 5. The van der Waals surface area contributed by atoms with Gasteiger partial charge in [-0.05, 0) is 56.6 Å². The largest absolute Gasteiger partial charge is 0.481 e. The number of Topliss-reactive ketones (excluding diaryl/α,β-unsaturated/α-hetero) is 1. The van der Waals surface area contributed by atoms with Crippen molar-refractivity contribution in [1.29, 1.82) is 0 Å². The van der Waals surface area contributed by atoms with Gasteiger partial charge in [-0.15, -0.1) is 0 Å². The first-order valence-corrected chi connectivity index (χ1v) is 12.4. The molecule has 0 aromatic carbocycles. The van der Waals surface area contributed by atoms with Crippen molar-refractivity contribution in [2.75, 3.05) is 13.2 Å². The minimum Gasteiger partial charge on any atom is -0.481 e. The number of carboxylic acids is 1. The van der Waals surface area contributed by atoms with Gasteiger partial charge < -0.3 is 25.4 Å². The highest BCUT2D eigenvalue weighted by atomic mass is 19.1. The number of alkyl halides is 1. The molecule has 0 aromatic rings. The zero-order valence-electron chi connectivity index (χ0n) is 20.8. The van der Waals surface area contributed by atoms with E-state index in [4.69, 9.17) is 9.84 Å². The predicted octanol–water partition coefficient (Wildman–Crippen LogP) is 2.10. The van der Waals surface area contributed by atoms with Crippen molar-refractivity contribution in [2.24, 2.45) is 28.6 Å². The maximum atomic E-state index is 17.1. The smallest absolute Gasteiger partial charge is 0.407 e. The molecule has 4 rings (SSSR count). The Labute approximate surface area is 208 Å². The number of carboxylic acid groups (broad SMARTS) is 1. The van der Waals surface area contributed by atoms with E-state index in [-0.39, 0.29) is 25.2 Å². The first-order chi connectivity index (χ1) is 16.7. The summed E-state index contributed by atoms with van der Waals surface area (Å²) in [6.45, 7) is 4.19. The molecule has 0 bridgehead atoms. The third-order valence-corrected chi connectivity index (χ3v) is 9.59. The number of hydrogen-bond acceptors (Lipinski definition) is 7. The molecule has 1 amide bonds. The van der Waals surface area contributed by atoms with Gasteiger partial charge in [-0.2, -0.15) is 0 Å². The summed E-state index contributed by atoms with van der Waals surface area (Å²) in [6.07, 6.45) is 2.57. The molecule has 8 atom stereocenters. The Morgan fingerprint density at radius 3 is 2.61 bits per heavy atom. The summed E-state index contributed by atoms with van der Waals surface area (Å²) in [4.78, 5) is 47.7. The molecule has 0 heterocycles. The Morgan fingerprint density at radius 2 is 1.94 bits per heavy atom. The first kappa shape index (κ1) is 26.5. The number of rotatable bonds is 6. The number of ether oxygens (including phenoxy) is 1. The third-order valence-electron chi connectivity index (χ3n) is 9.59. The van der Waals surface area contributed by atoms with Crippen molar-refractivity contribution in [3.8, 4) is 0 Å². The second-order valence-corrected chi connectivity index (χ2v) is 11.2. The molecule has 0 aliphatic heterocycles. The van der Waals surface area contributed by atoms with Crippen molar-refractivity contribution >= 4 is 23.6 Å². The average molecular weight is 508 g/mol. The molecule has 0 spiro atoms. The van der Waals surface area contributed by atoms with Gasteiger partial charge in [0.05, 0.1) is 12.5 Å². The number of ketones is 2. The highest BCUT2D eigenvalue weighted by Gasteiger charge is 2.75. The molecule has 198 valence electrons. The van der Waals surface area contributed by atoms with Crippen LogP contribution in [0.25, 0.3) is 0 Å². The number of allylic oxidation sites excluding steroid dienone is 4. The maximum Gasteiger partial charge on any atom is 0.407 e. The van der Waals surface area contributed by atoms with Crippen LogP contribution in [0.2, 0.25) is 0 Å². The summed E-state index contributed by atoms with van der Waals surface area (Å²) in [5, 5.41) is 34.0. The van der Waals surface area contributed by atoms with Crippen molar-refractivity contribution in [3.63, 3.8) is 0 Å². The van der Waals surface area contributed by atoms with E-state index in [2.05, 4.69) is 5.32 Å². The van der Waals surface area contributed by atoms with Crippen molar-refractivity contribution < 1.29 is 43.6 Å². The lowest BCUT2D eigenvalue weighted by molar-refractivity contribution is -0.219. The summed E-state index contributed by atoms with van der Waals surface area (Å²) in [6, 6.07) is 0. The number of amides is 1. The van der Waals surface area contributed by atoms with Crippen LogP contribution in [0.15, 0.2) is 23.8 Å². The Kier molecular flexibility index (Phi) is 6.44. The van der Waals surface area contributed by atoms with Gasteiger partial charge >= 0.3 is 12.1 Å². The average Bonchev–Trinajstić information content (AvgIpc) is 3.00. The first-order valence-electron chi connectivity index (χ1n) is 12.4. The fourth-order valence-electron chi connectivity index (χ4n) is 7.70. The Balaban J connectivity index is 1.58. The van der Waals surface area contributed by atoms with Crippen LogP contribution in [0, 0.1) is 28.6 Å². The zero-order chi connectivity index (χ0) is 26.7. The van der Waals surface area contributed by atoms with Crippen LogP contribution in [-0.2, 0) is 19.1 Å². The maximum absolute atomic E-state index is 17.1. The van der Waals surface area contributed by atoms with Gasteiger partial charge in [-0.25, -0.2) is 9.18 Å². The van der Waals surface area contributed by atoms with Crippen LogP contribution in [0.3, 0.4) is 0 Å². The lowest BCUT2D eigenvalue weighted by Gasteiger charge is -2.62. The van der Waals surface area contributed by atoms with E-state index in [9.17, 15) is 29.4 Å². The highest BCUT2D eigenvalue weighted by Crippen LogP contribution is 2.70. The molecule has 3 fully saturated rings. The van der Waals surface area contributed by atoms with E-state index in [0.717, 1.165) is 0 Å². The van der Waals surface area contributed by atoms with Gasteiger partial charge in [0.15, 0.2) is 18.1 Å². The number of carbonyl (C=O) groups excluding carboxylic acids is 3. The standard InChI is InChI=1S/C26H34FNO8/c1-14-10-18-17-5-4-15-11-16(29)6-8-23(15,2)25(17,27)19(30)12-24(18,3)26(14,35)20(31)13-36-22(34)28-9-7-21(32)33/h6,8,11,14,17-19,30,35H,4-5,7,9-10,12-13H2,1-3H3,(H,28,34)(H,32,33). The van der Waals surface area contributed by atoms with Crippen molar-refractivity contribution in [2.45, 2.75) is 70.2 Å². The summed E-state index contributed by atoms with van der Waals surface area (Å²) in [5.74, 6) is -3.71. The summed E-state index contributed by atoms with van der Waals surface area (Å²) >= 11 is 0. The van der Waals surface area contributed by atoms with E-state index in [1.165, 1.54) is 12.2 Å². The van der Waals surface area contributed by atoms with E-state index in [1.807, 2.05) is 0 Å². The molecule has 8 unspecified atom stereocenters. The van der Waals surface area contributed by atoms with E-state index in [0.29, 0.717) is 24.8 Å². The Morgan fingerprint density at radius 1 is 1.25 bits per heavy atom. The number of alkyl carbamates (subject to hydrolysis) is 1. The van der Waals surface area contributed by atoms with Gasteiger partial charge in [0.25, 0.3) is 0 Å². The molecule has 4 aliphatic carbocycles. The van der Waals surface area contributed by atoms with Crippen LogP contribution in [0.5, 0.6) is 0 Å².